The van der Waals surface area contributed by atoms with Crippen molar-refractivity contribution in [3.8, 4) is 17.1 Å². The van der Waals surface area contributed by atoms with E-state index in [0.717, 1.165) is 5.56 Å². The highest BCUT2D eigenvalue weighted by atomic mass is 79.9. The number of esters is 2. The maximum absolute atomic E-state index is 12.7. The third-order valence-electron chi connectivity index (χ3n) is 3.97. The second-order valence-corrected chi connectivity index (χ2v) is 6.79. The lowest BCUT2D eigenvalue weighted by molar-refractivity contribution is -0.144. The van der Waals surface area contributed by atoms with Gasteiger partial charge in [0.05, 0.1) is 11.1 Å². The van der Waals surface area contributed by atoms with Crippen LogP contribution in [0.4, 0.5) is 0 Å². The molecule has 0 aliphatic rings. The number of furan rings is 1. The SMILES string of the molecule is C=CCOC(=O)COc1cc2c(C(=O)OCC)c(-c3ccccc3)oc2cc1Br. The van der Waals surface area contributed by atoms with Crippen LogP contribution < -0.4 is 4.74 Å². The van der Waals surface area contributed by atoms with E-state index in [9.17, 15) is 9.59 Å². The number of rotatable bonds is 8. The predicted molar refractivity (Wildman–Crippen MR) is 112 cm³/mol. The van der Waals surface area contributed by atoms with Crippen LogP contribution >= 0.6 is 15.9 Å². The Bertz CT molecular complexity index is 1040. The van der Waals surface area contributed by atoms with E-state index >= 15 is 0 Å². The van der Waals surface area contributed by atoms with Gasteiger partial charge < -0.3 is 18.6 Å². The Morgan fingerprint density at radius 2 is 1.93 bits per heavy atom. The van der Waals surface area contributed by atoms with Gasteiger partial charge in [0.15, 0.2) is 6.61 Å². The fraction of sp³-hybridized carbons (Fsp3) is 0.182. The lowest BCUT2D eigenvalue weighted by Gasteiger charge is -2.08. The van der Waals surface area contributed by atoms with Gasteiger partial charge in [0.1, 0.15) is 29.3 Å². The fourth-order valence-electron chi connectivity index (χ4n) is 2.74. The molecule has 0 N–H and O–H groups in total. The molecule has 0 spiro atoms. The van der Waals surface area contributed by atoms with Crippen LogP contribution in [-0.2, 0) is 14.3 Å². The third-order valence-corrected chi connectivity index (χ3v) is 4.59. The van der Waals surface area contributed by atoms with Gasteiger partial charge in [-0.1, -0.05) is 43.0 Å². The van der Waals surface area contributed by atoms with Gasteiger partial charge in [0, 0.05) is 10.9 Å². The number of halogens is 1. The maximum Gasteiger partial charge on any atom is 0.344 e. The normalized spacial score (nSPS) is 10.6. The van der Waals surface area contributed by atoms with Crippen molar-refractivity contribution in [1.29, 1.82) is 0 Å². The standard InChI is InChI=1S/C22H19BrO6/c1-3-10-27-19(24)13-28-18-11-15-17(12-16(18)23)29-21(14-8-6-5-7-9-14)20(15)22(25)26-4-2/h3,5-9,11-12H,1,4,10,13H2,2H3. The Labute approximate surface area is 176 Å². The lowest BCUT2D eigenvalue weighted by atomic mass is 10.1. The third kappa shape index (κ3) is 4.68. The first kappa shape index (κ1) is 20.7. The predicted octanol–water partition coefficient (Wildman–Crippen LogP) is 5.15. The molecule has 0 unspecified atom stereocenters. The monoisotopic (exact) mass is 458 g/mol. The average Bonchev–Trinajstić information content (AvgIpc) is 3.09. The van der Waals surface area contributed by atoms with Crippen molar-refractivity contribution in [1.82, 2.24) is 0 Å². The molecule has 0 aliphatic heterocycles. The van der Waals surface area contributed by atoms with Gasteiger partial charge in [-0.25, -0.2) is 9.59 Å². The smallest absolute Gasteiger partial charge is 0.344 e. The highest BCUT2D eigenvalue weighted by Gasteiger charge is 2.24. The van der Waals surface area contributed by atoms with Crippen molar-refractivity contribution in [2.24, 2.45) is 0 Å². The van der Waals surface area contributed by atoms with Gasteiger partial charge in [-0.3, -0.25) is 0 Å². The van der Waals surface area contributed by atoms with Crippen LogP contribution in [0, 0.1) is 0 Å². The highest BCUT2D eigenvalue weighted by Crippen LogP contribution is 2.39. The minimum Gasteiger partial charge on any atom is -0.481 e. The first-order chi connectivity index (χ1) is 14.0. The van der Waals surface area contributed by atoms with Crippen LogP contribution in [0.15, 0.2) is 64.0 Å². The first-order valence-electron chi connectivity index (χ1n) is 8.93. The van der Waals surface area contributed by atoms with Gasteiger partial charge in [-0.2, -0.15) is 0 Å². The molecule has 2 aromatic carbocycles. The summed E-state index contributed by atoms with van der Waals surface area (Å²) in [5.41, 5.74) is 1.54. The maximum atomic E-state index is 12.7. The van der Waals surface area contributed by atoms with Crippen molar-refractivity contribution in [3.63, 3.8) is 0 Å². The molecular weight excluding hydrogens is 440 g/mol. The highest BCUT2D eigenvalue weighted by molar-refractivity contribution is 9.10. The van der Waals surface area contributed by atoms with E-state index in [1.807, 2.05) is 30.3 Å². The summed E-state index contributed by atoms with van der Waals surface area (Å²) in [5.74, 6) is -0.240. The Hall–Kier alpha value is -3.06. The number of hydrogen-bond acceptors (Lipinski definition) is 6. The Morgan fingerprint density at radius 1 is 1.17 bits per heavy atom. The van der Waals surface area contributed by atoms with Crippen LogP contribution in [-0.4, -0.2) is 31.8 Å². The molecule has 0 saturated heterocycles. The number of carbonyl (C=O) groups excluding carboxylic acids is 2. The van der Waals surface area contributed by atoms with E-state index in [1.54, 1.807) is 19.1 Å². The second-order valence-electron chi connectivity index (χ2n) is 5.93. The minimum atomic E-state index is -0.528. The van der Waals surface area contributed by atoms with Gasteiger partial charge >= 0.3 is 11.9 Å². The van der Waals surface area contributed by atoms with Crippen molar-refractivity contribution in [3.05, 3.63) is 65.2 Å². The summed E-state index contributed by atoms with van der Waals surface area (Å²) in [4.78, 5) is 24.4. The number of carbonyl (C=O) groups is 2. The van der Waals surface area contributed by atoms with Crippen molar-refractivity contribution < 1.29 is 28.2 Å². The molecule has 29 heavy (non-hydrogen) atoms. The number of fused-ring (bicyclic) bond motifs is 1. The summed E-state index contributed by atoms with van der Waals surface area (Å²) in [5, 5.41) is 0.528. The molecule has 1 heterocycles. The van der Waals surface area contributed by atoms with E-state index in [4.69, 9.17) is 18.6 Å². The number of benzene rings is 2. The summed E-state index contributed by atoms with van der Waals surface area (Å²) in [6.45, 7) is 5.28. The van der Waals surface area contributed by atoms with Crippen molar-refractivity contribution >= 4 is 38.8 Å². The van der Waals surface area contributed by atoms with E-state index in [0.29, 0.717) is 32.5 Å². The molecule has 0 fully saturated rings. The summed E-state index contributed by atoms with van der Waals surface area (Å²) in [6, 6.07) is 12.6. The molecule has 0 radical (unpaired) electrons. The molecule has 1 aromatic heterocycles. The largest absolute Gasteiger partial charge is 0.481 e. The molecule has 0 aliphatic carbocycles. The van der Waals surface area contributed by atoms with Crippen LogP contribution in [0.25, 0.3) is 22.3 Å². The molecular formula is C22H19BrO6. The molecule has 0 saturated carbocycles. The molecule has 0 bridgehead atoms. The van der Waals surface area contributed by atoms with Gasteiger partial charge in [0.25, 0.3) is 0 Å². The molecule has 6 nitrogen and oxygen atoms in total. The molecule has 7 heteroatoms. The Kier molecular flexibility index (Phi) is 6.72. The number of ether oxygens (including phenoxy) is 3. The van der Waals surface area contributed by atoms with Gasteiger partial charge in [-0.05, 0) is 35.0 Å². The first-order valence-corrected chi connectivity index (χ1v) is 9.72. The zero-order valence-electron chi connectivity index (χ0n) is 15.8. The fourth-order valence-corrected chi connectivity index (χ4v) is 3.17. The quantitative estimate of drug-likeness (QED) is 0.343. The van der Waals surface area contributed by atoms with E-state index in [2.05, 4.69) is 22.5 Å². The molecule has 150 valence electrons. The van der Waals surface area contributed by atoms with Crippen LogP contribution in [0.5, 0.6) is 5.75 Å². The topological polar surface area (TPSA) is 75.0 Å². The lowest BCUT2D eigenvalue weighted by Crippen LogP contribution is -2.15. The van der Waals surface area contributed by atoms with Crippen LogP contribution in [0.3, 0.4) is 0 Å². The molecule has 3 aromatic rings. The molecule has 0 atom stereocenters. The second kappa shape index (κ2) is 9.43. The zero-order chi connectivity index (χ0) is 20.8. The van der Waals surface area contributed by atoms with E-state index in [-0.39, 0.29) is 19.8 Å². The Balaban J connectivity index is 2.03. The summed E-state index contributed by atoms with van der Waals surface area (Å²) >= 11 is 3.41. The Morgan fingerprint density at radius 3 is 2.62 bits per heavy atom. The van der Waals surface area contributed by atoms with Crippen LogP contribution in [0.2, 0.25) is 0 Å². The summed E-state index contributed by atoms with van der Waals surface area (Å²) in [6.07, 6.45) is 1.47. The molecule has 0 amide bonds. The van der Waals surface area contributed by atoms with Gasteiger partial charge in [-0.15, -0.1) is 0 Å². The zero-order valence-corrected chi connectivity index (χ0v) is 17.4. The summed E-state index contributed by atoms with van der Waals surface area (Å²) < 4.78 is 22.3. The number of hydrogen-bond donors (Lipinski definition) is 0. The van der Waals surface area contributed by atoms with E-state index in [1.165, 1.54) is 6.08 Å². The minimum absolute atomic E-state index is 0.109. The molecule has 3 rings (SSSR count). The van der Waals surface area contributed by atoms with Crippen molar-refractivity contribution in [2.75, 3.05) is 19.8 Å². The average molecular weight is 459 g/mol. The van der Waals surface area contributed by atoms with E-state index < -0.39 is 11.9 Å². The van der Waals surface area contributed by atoms with Crippen molar-refractivity contribution in [2.45, 2.75) is 6.92 Å². The van der Waals surface area contributed by atoms with Gasteiger partial charge in [0.2, 0.25) is 0 Å². The summed E-state index contributed by atoms with van der Waals surface area (Å²) in [7, 11) is 0. The van der Waals surface area contributed by atoms with Crippen LogP contribution in [0.1, 0.15) is 17.3 Å².